The summed E-state index contributed by atoms with van der Waals surface area (Å²) in [5, 5.41) is 26.5. The number of non-ortho nitro benzene ring substituents is 1. The number of benzene rings is 2. The lowest BCUT2D eigenvalue weighted by atomic mass is 10.2. The van der Waals surface area contributed by atoms with Crippen molar-refractivity contribution in [1.82, 2.24) is 5.32 Å². The summed E-state index contributed by atoms with van der Waals surface area (Å²) in [6, 6.07) is 11.5. The number of carbonyl (C=O) groups is 2. The van der Waals surface area contributed by atoms with Crippen LogP contribution >= 0.6 is 0 Å². The Kier molecular flexibility index (Phi) is 5.29. The maximum Gasteiger partial charge on any atom is 0.409 e. The molecule has 9 nitrogen and oxygen atoms in total. The zero-order valence-electron chi connectivity index (χ0n) is 12.4. The van der Waals surface area contributed by atoms with E-state index in [1.54, 1.807) is 24.3 Å². The normalized spacial score (nSPS) is 9.83. The van der Waals surface area contributed by atoms with Crippen LogP contribution in [0.1, 0.15) is 5.56 Å². The van der Waals surface area contributed by atoms with E-state index in [4.69, 9.17) is 5.11 Å². The highest BCUT2D eigenvalue weighted by Gasteiger charge is 2.06. The fourth-order valence-electron chi connectivity index (χ4n) is 1.85. The van der Waals surface area contributed by atoms with Crippen LogP contribution in [-0.2, 0) is 6.54 Å². The van der Waals surface area contributed by atoms with Gasteiger partial charge in [0, 0.05) is 30.1 Å². The fourth-order valence-corrected chi connectivity index (χ4v) is 1.85. The molecule has 0 heterocycles. The second kappa shape index (κ2) is 7.58. The van der Waals surface area contributed by atoms with E-state index in [1.165, 1.54) is 24.3 Å². The van der Waals surface area contributed by atoms with E-state index in [2.05, 4.69) is 16.0 Å². The molecule has 0 aliphatic carbocycles. The third kappa shape index (κ3) is 4.98. The molecule has 2 rings (SSSR count). The molecule has 0 unspecified atom stereocenters. The summed E-state index contributed by atoms with van der Waals surface area (Å²) in [6.07, 6.45) is -1.15. The van der Waals surface area contributed by atoms with Crippen molar-refractivity contribution >= 4 is 29.2 Å². The van der Waals surface area contributed by atoms with Crippen LogP contribution in [0.15, 0.2) is 48.5 Å². The van der Waals surface area contributed by atoms with Crippen molar-refractivity contribution in [3.8, 4) is 0 Å². The molecule has 4 N–H and O–H groups in total. The summed E-state index contributed by atoms with van der Waals surface area (Å²) < 4.78 is 0. The van der Waals surface area contributed by atoms with E-state index in [0.717, 1.165) is 5.56 Å². The second-order valence-electron chi connectivity index (χ2n) is 4.74. The van der Waals surface area contributed by atoms with E-state index < -0.39 is 17.0 Å². The number of amides is 3. The first-order chi connectivity index (χ1) is 11.4. The molecule has 0 atom stereocenters. The van der Waals surface area contributed by atoms with Gasteiger partial charge in [-0.25, -0.2) is 9.59 Å². The van der Waals surface area contributed by atoms with E-state index in [1.807, 2.05) is 0 Å². The van der Waals surface area contributed by atoms with Gasteiger partial charge in [-0.15, -0.1) is 0 Å². The molecule has 0 radical (unpaired) electrons. The topological polar surface area (TPSA) is 134 Å². The molecule has 0 saturated heterocycles. The highest BCUT2D eigenvalue weighted by Crippen LogP contribution is 2.15. The van der Waals surface area contributed by atoms with E-state index in [9.17, 15) is 19.7 Å². The molecule has 124 valence electrons. The molecule has 0 aliphatic rings. The van der Waals surface area contributed by atoms with Crippen LogP contribution in [0.5, 0.6) is 0 Å². The van der Waals surface area contributed by atoms with Gasteiger partial charge in [0.25, 0.3) is 5.69 Å². The Morgan fingerprint density at radius 2 is 1.50 bits per heavy atom. The number of urea groups is 1. The molecule has 2 aromatic rings. The highest BCUT2D eigenvalue weighted by molar-refractivity contribution is 5.89. The number of carbonyl (C=O) groups excluding carboxylic acids is 1. The Balaban J connectivity index is 1.84. The molecule has 2 aromatic carbocycles. The predicted molar refractivity (Wildman–Crippen MR) is 87.0 cm³/mol. The monoisotopic (exact) mass is 330 g/mol. The van der Waals surface area contributed by atoms with Gasteiger partial charge in [0.15, 0.2) is 0 Å². The number of nitro benzene ring substituents is 1. The molecule has 24 heavy (non-hydrogen) atoms. The first kappa shape index (κ1) is 16.7. The molecule has 3 amide bonds. The standard InChI is InChI=1S/C15H14N4O5/c20-14(17-11-5-7-13(8-6-11)19(23)24)16-9-10-1-3-12(4-2-10)18-15(21)22/h1-8,18H,9H2,(H,21,22)(H2,16,17,20). The molecule has 0 saturated carbocycles. The predicted octanol–water partition coefficient (Wildman–Crippen LogP) is 3.01. The Labute approximate surface area is 136 Å². The number of nitro groups is 1. The van der Waals surface area contributed by atoms with Gasteiger partial charge in [-0.05, 0) is 29.8 Å². The third-order valence-corrected chi connectivity index (χ3v) is 2.99. The Morgan fingerprint density at radius 1 is 0.958 bits per heavy atom. The number of rotatable bonds is 5. The lowest BCUT2D eigenvalue weighted by Gasteiger charge is -2.08. The Hall–Kier alpha value is -3.62. The van der Waals surface area contributed by atoms with Crippen molar-refractivity contribution in [2.75, 3.05) is 10.6 Å². The van der Waals surface area contributed by atoms with Crippen LogP contribution in [0.4, 0.5) is 26.7 Å². The molecular weight excluding hydrogens is 316 g/mol. The molecule has 0 aromatic heterocycles. The largest absolute Gasteiger partial charge is 0.465 e. The number of anilines is 2. The fraction of sp³-hybridized carbons (Fsp3) is 0.0667. The van der Waals surface area contributed by atoms with Crippen molar-refractivity contribution < 1.29 is 19.6 Å². The minimum atomic E-state index is -1.15. The first-order valence-electron chi connectivity index (χ1n) is 6.82. The van der Waals surface area contributed by atoms with E-state index >= 15 is 0 Å². The van der Waals surface area contributed by atoms with Crippen molar-refractivity contribution in [1.29, 1.82) is 0 Å². The number of nitrogens with one attached hydrogen (secondary N) is 3. The minimum Gasteiger partial charge on any atom is -0.465 e. The van der Waals surface area contributed by atoms with Crippen LogP contribution < -0.4 is 16.0 Å². The number of carboxylic acid groups (broad SMARTS) is 1. The van der Waals surface area contributed by atoms with Gasteiger partial charge in [0.2, 0.25) is 0 Å². The minimum absolute atomic E-state index is 0.0592. The van der Waals surface area contributed by atoms with Gasteiger partial charge in [-0.3, -0.25) is 15.4 Å². The third-order valence-electron chi connectivity index (χ3n) is 2.99. The Bertz CT molecular complexity index is 743. The number of nitrogens with zero attached hydrogens (tertiary/aromatic N) is 1. The summed E-state index contributed by atoms with van der Waals surface area (Å²) in [5.41, 5.74) is 1.58. The smallest absolute Gasteiger partial charge is 0.409 e. The van der Waals surface area contributed by atoms with Gasteiger partial charge in [-0.2, -0.15) is 0 Å². The zero-order chi connectivity index (χ0) is 17.5. The van der Waals surface area contributed by atoms with Crippen LogP contribution in [0.3, 0.4) is 0 Å². The van der Waals surface area contributed by atoms with Crippen molar-refractivity contribution in [3.05, 3.63) is 64.2 Å². The summed E-state index contributed by atoms with van der Waals surface area (Å²) in [4.78, 5) is 32.3. The second-order valence-corrected chi connectivity index (χ2v) is 4.74. The quantitative estimate of drug-likeness (QED) is 0.494. The van der Waals surface area contributed by atoms with Crippen LogP contribution in [-0.4, -0.2) is 22.2 Å². The lowest BCUT2D eigenvalue weighted by molar-refractivity contribution is -0.384. The molecule has 0 bridgehead atoms. The van der Waals surface area contributed by atoms with E-state index in [0.29, 0.717) is 11.4 Å². The molecule has 0 aliphatic heterocycles. The molecule has 0 spiro atoms. The van der Waals surface area contributed by atoms with Crippen molar-refractivity contribution in [2.24, 2.45) is 0 Å². The van der Waals surface area contributed by atoms with Gasteiger partial charge in [0.05, 0.1) is 4.92 Å². The molecule has 0 fully saturated rings. The van der Waals surface area contributed by atoms with Crippen LogP contribution in [0, 0.1) is 10.1 Å². The Morgan fingerprint density at radius 3 is 2.04 bits per heavy atom. The van der Waals surface area contributed by atoms with Crippen LogP contribution in [0.2, 0.25) is 0 Å². The zero-order valence-corrected chi connectivity index (χ0v) is 12.4. The summed E-state index contributed by atoms with van der Waals surface area (Å²) in [5.74, 6) is 0. The maximum absolute atomic E-state index is 11.8. The first-order valence-corrected chi connectivity index (χ1v) is 6.82. The van der Waals surface area contributed by atoms with Crippen LogP contribution in [0.25, 0.3) is 0 Å². The highest BCUT2D eigenvalue weighted by atomic mass is 16.6. The number of hydrogen-bond donors (Lipinski definition) is 4. The molecule has 9 heteroatoms. The van der Waals surface area contributed by atoms with E-state index in [-0.39, 0.29) is 12.2 Å². The van der Waals surface area contributed by atoms with Crippen molar-refractivity contribution in [3.63, 3.8) is 0 Å². The van der Waals surface area contributed by atoms with Gasteiger partial charge >= 0.3 is 12.1 Å². The maximum atomic E-state index is 11.8. The van der Waals surface area contributed by atoms with Gasteiger partial charge in [0.1, 0.15) is 0 Å². The summed E-state index contributed by atoms with van der Waals surface area (Å²) >= 11 is 0. The summed E-state index contributed by atoms with van der Waals surface area (Å²) in [7, 11) is 0. The van der Waals surface area contributed by atoms with Gasteiger partial charge in [-0.1, -0.05) is 12.1 Å². The molecular formula is C15H14N4O5. The average molecular weight is 330 g/mol. The number of hydrogen-bond acceptors (Lipinski definition) is 4. The average Bonchev–Trinajstić information content (AvgIpc) is 2.54. The summed E-state index contributed by atoms with van der Waals surface area (Å²) in [6.45, 7) is 0.242. The van der Waals surface area contributed by atoms with Gasteiger partial charge < -0.3 is 15.7 Å². The lowest BCUT2D eigenvalue weighted by Crippen LogP contribution is -2.28. The SMILES string of the molecule is O=C(O)Nc1ccc(CNC(=O)Nc2ccc([N+](=O)[O-])cc2)cc1. The van der Waals surface area contributed by atoms with Crippen molar-refractivity contribution in [2.45, 2.75) is 6.54 Å².